The lowest BCUT2D eigenvalue weighted by atomic mass is 9.99. The van der Waals surface area contributed by atoms with E-state index in [-0.39, 0.29) is 29.7 Å². The normalized spacial score (nSPS) is 12.7. The van der Waals surface area contributed by atoms with Gasteiger partial charge < -0.3 is 13.9 Å². The van der Waals surface area contributed by atoms with E-state index in [0.717, 1.165) is 71.9 Å². The first-order chi connectivity index (χ1) is 30.4. The van der Waals surface area contributed by atoms with Crippen LogP contribution in [0.1, 0.15) is 6.85 Å². The van der Waals surface area contributed by atoms with Crippen LogP contribution in [0.5, 0.6) is 0 Å². The molecule has 0 N–H and O–H groups in total. The lowest BCUT2D eigenvalue weighted by Gasteiger charge is -2.27. The van der Waals surface area contributed by atoms with Crippen molar-refractivity contribution in [2.24, 2.45) is 0 Å². The lowest BCUT2D eigenvalue weighted by Crippen LogP contribution is -2.10. The Morgan fingerprint density at radius 3 is 1.81 bits per heavy atom. The predicted octanol–water partition coefficient (Wildman–Crippen LogP) is 15.2. The van der Waals surface area contributed by atoms with Crippen LogP contribution >= 0.6 is 0 Å². The maximum Gasteiger partial charge on any atom is 0.137 e. The van der Waals surface area contributed by atoms with Crippen molar-refractivity contribution in [3.05, 3.63) is 218 Å². The maximum absolute atomic E-state index is 9.17. The molecule has 268 valence electrons. The highest BCUT2D eigenvalue weighted by molar-refractivity contribution is 6.17. The summed E-state index contributed by atoms with van der Waals surface area (Å²) in [5.74, 6) is 0. The van der Waals surface area contributed by atoms with E-state index in [0.29, 0.717) is 22.4 Å². The van der Waals surface area contributed by atoms with Gasteiger partial charge in [-0.25, -0.2) is 0 Å². The molecular formula is C54H36N2O. The second-order valence-electron chi connectivity index (χ2n) is 14.2. The molecule has 0 aliphatic rings. The van der Waals surface area contributed by atoms with Crippen molar-refractivity contribution in [1.82, 2.24) is 4.57 Å². The second kappa shape index (κ2) is 13.6. The molecule has 0 radical (unpaired) electrons. The van der Waals surface area contributed by atoms with Gasteiger partial charge in [0.2, 0.25) is 0 Å². The monoisotopic (exact) mass is 733 g/mol. The van der Waals surface area contributed by atoms with Crippen molar-refractivity contribution < 1.29 is 11.3 Å². The summed E-state index contributed by atoms with van der Waals surface area (Å²) in [7, 11) is 0. The summed E-state index contributed by atoms with van der Waals surface area (Å²) in [6.45, 7) is 0. The molecule has 0 saturated heterocycles. The molecule has 11 aromatic rings. The molecule has 0 fully saturated rings. The van der Waals surface area contributed by atoms with Crippen LogP contribution in [0.2, 0.25) is 0 Å². The number of aromatic nitrogens is 1. The molecule has 11 rings (SSSR count). The summed E-state index contributed by atoms with van der Waals surface area (Å²) in [6.07, 6.45) is 0. The number of furan rings is 1. The first-order valence-electron chi connectivity index (χ1n) is 21.5. The highest BCUT2D eigenvalue weighted by atomic mass is 16.3. The van der Waals surface area contributed by atoms with Gasteiger partial charge >= 0.3 is 0 Å². The van der Waals surface area contributed by atoms with Gasteiger partial charge in [-0.1, -0.05) is 158 Å². The van der Waals surface area contributed by atoms with E-state index < -0.39 is 6.04 Å². The summed E-state index contributed by atoms with van der Waals surface area (Å²) in [4.78, 5) is 2.27. The van der Waals surface area contributed by atoms with E-state index in [1.54, 1.807) is 0 Å². The number of anilines is 3. The SMILES string of the molecule is [2H]c1c([2H])c([2H])c(-c2ccc3oc4ccccc4c3c2-n2c3ccccc3c3ccc(N(c4ccc(-c5ccccc5)cc4)c4cccc(-c5ccccc5)c4)cc32)c([2H])c1[2H]. The highest BCUT2D eigenvalue weighted by Crippen LogP contribution is 2.45. The molecule has 0 aliphatic heterocycles. The van der Waals surface area contributed by atoms with E-state index in [4.69, 9.17) is 8.53 Å². The molecule has 3 heteroatoms. The van der Waals surface area contributed by atoms with Crippen LogP contribution in [0, 0.1) is 0 Å². The summed E-state index contributed by atoms with van der Waals surface area (Å²) < 4.78 is 52.8. The summed E-state index contributed by atoms with van der Waals surface area (Å²) in [5.41, 5.74) is 11.7. The Hall–Kier alpha value is -7.62. The van der Waals surface area contributed by atoms with Gasteiger partial charge in [-0.05, 0) is 88.5 Å². The predicted molar refractivity (Wildman–Crippen MR) is 239 cm³/mol. The molecule has 0 saturated carbocycles. The molecule has 0 aliphatic carbocycles. The van der Waals surface area contributed by atoms with Gasteiger partial charge in [-0.2, -0.15) is 0 Å². The Kier molecular flexibility index (Phi) is 6.65. The van der Waals surface area contributed by atoms with Crippen LogP contribution in [-0.4, -0.2) is 4.57 Å². The van der Waals surface area contributed by atoms with Crippen LogP contribution in [0.3, 0.4) is 0 Å². The first-order valence-corrected chi connectivity index (χ1v) is 19.0. The molecule has 3 nitrogen and oxygen atoms in total. The Morgan fingerprint density at radius 2 is 1.02 bits per heavy atom. The lowest BCUT2D eigenvalue weighted by molar-refractivity contribution is 0.669. The van der Waals surface area contributed by atoms with Gasteiger partial charge in [0, 0.05) is 38.8 Å². The third-order valence-electron chi connectivity index (χ3n) is 10.9. The number of fused-ring (bicyclic) bond motifs is 6. The van der Waals surface area contributed by atoms with Crippen molar-refractivity contribution in [2.45, 2.75) is 0 Å². The molecule has 0 bridgehead atoms. The molecule has 0 amide bonds. The fourth-order valence-electron chi connectivity index (χ4n) is 8.29. The number of hydrogen-bond acceptors (Lipinski definition) is 2. The topological polar surface area (TPSA) is 21.3 Å². The number of rotatable bonds is 7. The molecule has 0 spiro atoms. The van der Waals surface area contributed by atoms with Crippen molar-refractivity contribution in [3.63, 3.8) is 0 Å². The van der Waals surface area contributed by atoms with Crippen LogP contribution in [-0.2, 0) is 0 Å². The van der Waals surface area contributed by atoms with E-state index in [9.17, 15) is 2.74 Å². The van der Waals surface area contributed by atoms with Gasteiger partial charge in [0.15, 0.2) is 0 Å². The van der Waals surface area contributed by atoms with Gasteiger partial charge in [-0.15, -0.1) is 0 Å². The maximum atomic E-state index is 9.17. The van der Waals surface area contributed by atoms with Crippen molar-refractivity contribution in [2.75, 3.05) is 4.90 Å². The molecule has 0 unspecified atom stereocenters. The van der Waals surface area contributed by atoms with Crippen molar-refractivity contribution in [1.29, 1.82) is 0 Å². The number of para-hydroxylation sites is 2. The minimum absolute atomic E-state index is 0.123. The Bertz CT molecular complexity index is 3500. The van der Waals surface area contributed by atoms with Gasteiger partial charge in [0.25, 0.3) is 0 Å². The summed E-state index contributed by atoms with van der Waals surface area (Å²) in [6, 6.07) is 62.4. The van der Waals surface area contributed by atoms with E-state index >= 15 is 0 Å². The average Bonchev–Trinajstić information content (AvgIpc) is 3.87. The molecular weight excluding hydrogens is 693 g/mol. The van der Waals surface area contributed by atoms with Gasteiger partial charge in [-0.3, -0.25) is 0 Å². The Labute approximate surface area is 337 Å². The second-order valence-corrected chi connectivity index (χ2v) is 14.2. The van der Waals surface area contributed by atoms with E-state index in [1.807, 2.05) is 60.7 Å². The summed E-state index contributed by atoms with van der Waals surface area (Å²) >= 11 is 0. The smallest absolute Gasteiger partial charge is 0.137 e. The van der Waals surface area contributed by atoms with Crippen molar-refractivity contribution in [3.8, 4) is 39.1 Å². The molecule has 57 heavy (non-hydrogen) atoms. The van der Waals surface area contributed by atoms with Gasteiger partial charge in [0.1, 0.15) is 11.2 Å². The molecule has 2 heterocycles. The minimum Gasteiger partial charge on any atom is -0.456 e. The fourth-order valence-corrected chi connectivity index (χ4v) is 8.29. The fraction of sp³-hybridized carbons (Fsp3) is 0. The first kappa shape index (κ1) is 27.9. The molecule has 2 aromatic heterocycles. The standard InChI is InChI=1S/C54H36N2O/c1-4-15-37(16-5-1)39-27-29-42(30-28-39)55(43-22-14-21-41(35-43)38-17-6-2-7-18-38)44-31-32-47-46-23-10-12-25-49(46)56(50(47)36-44)54-45(40-19-8-3-9-20-40)33-34-52-53(54)48-24-11-13-26-51(48)57-52/h1-36H/i3D,8D,9D,19D,20D. The number of nitrogens with zero attached hydrogens (tertiary/aromatic N) is 2. The van der Waals surface area contributed by atoms with Crippen LogP contribution < -0.4 is 4.90 Å². The zero-order valence-electron chi connectivity index (χ0n) is 35.7. The van der Waals surface area contributed by atoms with E-state index in [1.165, 1.54) is 0 Å². The largest absolute Gasteiger partial charge is 0.456 e. The zero-order valence-corrected chi connectivity index (χ0v) is 30.7. The van der Waals surface area contributed by atoms with Crippen LogP contribution in [0.25, 0.3) is 82.8 Å². The summed E-state index contributed by atoms with van der Waals surface area (Å²) in [5, 5.41) is 3.64. The molecule has 0 atom stereocenters. The quantitative estimate of drug-likeness (QED) is 0.163. The Balaban J connectivity index is 1.22. The minimum atomic E-state index is -0.435. The van der Waals surface area contributed by atoms with Crippen LogP contribution in [0.15, 0.2) is 223 Å². The van der Waals surface area contributed by atoms with Crippen molar-refractivity contribution >= 4 is 60.8 Å². The highest BCUT2D eigenvalue weighted by Gasteiger charge is 2.23. The third-order valence-corrected chi connectivity index (χ3v) is 10.9. The molecule has 9 aromatic carbocycles. The van der Waals surface area contributed by atoms with Crippen LogP contribution in [0.4, 0.5) is 17.1 Å². The average molecular weight is 734 g/mol. The number of benzene rings is 9. The van der Waals surface area contributed by atoms with E-state index in [2.05, 4.69) is 137 Å². The Morgan fingerprint density at radius 1 is 0.404 bits per heavy atom. The zero-order chi connectivity index (χ0) is 42.1. The van der Waals surface area contributed by atoms with Gasteiger partial charge in [0.05, 0.1) is 29.0 Å². The third kappa shape index (κ3) is 5.60. The number of hydrogen-bond donors (Lipinski definition) is 0.